The molecule has 3 aromatic carbocycles. The van der Waals surface area contributed by atoms with E-state index in [4.69, 9.17) is 21.1 Å². The Kier molecular flexibility index (Phi) is 8.53. The van der Waals surface area contributed by atoms with Gasteiger partial charge in [0, 0.05) is 10.7 Å². The third-order valence-electron chi connectivity index (χ3n) is 4.87. The predicted molar refractivity (Wildman–Crippen MR) is 135 cm³/mol. The lowest BCUT2D eigenvalue weighted by Gasteiger charge is -2.14. The number of methoxy groups -OCH3 is 1. The molecule has 0 saturated carbocycles. The van der Waals surface area contributed by atoms with E-state index < -0.39 is 5.91 Å². The molecule has 3 aromatic rings. The molecule has 7 heteroatoms. The Bertz CT molecular complexity index is 1220. The van der Waals surface area contributed by atoms with E-state index in [0.29, 0.717) is 38.9 Å². The van der Waals surface area contributed by atoms with E-state index in [1.165, 1.54) is 13.2 Å². The summed E-state index contributed by atoms with van der Waals surface area (Å²) in [5, 5.41) is 13.1. The Hall–Kier alpha value is -3.27. The molecule has 33 heavy (non-hydrogen) atoms. The lowest BCUT2D eigenvalue weighted by atomic mass is 10.1. The fourth-order valence-electron chi connectivity index (χ4n) is 3.15. The molecule has 1 amide bonds. The fraction of sp³-hybridized carbons (Fsp3) is 0.154. The van der Waals surface area contributed by atoms with Gasteiger partial charge in [0.2, 0.25) is 0 Å². The SMILES string of the molecule is CCc1ccccc1NC(=O)/C(C#N)=C/c1cc(Br)c(OCc2ccc(Cl)cc2)c(OC)c1. The van der Waals surface area contributed by atoms with Crippen LogP contribution < -0.4 is 14.8 Å². The molecular formula is C26H22BrClN2O3. The van der Waals surface area contributed by atoms with Gasteiger partial charge in [0.15, 0.2) is 11.5 Å². The maximum absolute atomic E-state index is 12.7. The zero-order valence-corrected chi connectivity index (χ0v) is 20.5. The van der Waals surface area contributed by atoms with Crippen molar-refractivity contribution in [2.75, 3.05) is 12.4 Å². The number of carbonyl (C=O) groups excluding carboxylic acids is 1. The van der Waals surface area contributed by atoms with Gasteiger partial charge in [-0.3, -0.25) is 4.79 Å². The van der Waals surface area contributed by atoms with E-state index in [-0.39, 0.29) is 5.57 Å². The molecule has 0 heterocycles. The standard InChI is InChI=1S/C26H22BrClN2O3/c1-3-19-6-4-5-7-23(19)30-26(31)20(15-29)12-18-13-22(27)25(24(14-18)32-2)33-16-17-8-10-21(28)11-9-17/h4-14H,3,16H2,1-2H3,(H,30,31)/b20-12+. The number of anilines is 1. The first-order valence-electron chi connectivity index (χ1n) is 10.2. The first kappa shape index (κ1) is 24.4. The van der Waals surface area contributed by atoms with Crippen molar-refractivity contribution in [3.05, 3.63) is 92.4 Å². The van der Waals surface area contributed by atoms with Crippen molar-refractivity contribution >= 4 is 45.2 Å². The molecular weight excluding hydrogens is 504 g/mol. The Labute approximate surface area is 206 Å². The summed E-state index contributed by atoms with van der Waals surface area (Å²) in [5.41, 5.74) is 3.23. The number of ether oxygens (including phenoxy) is 2. The summed E-state index contributed by atoms with van der Waals surface area (Å²) in [6.07, 6.45) is 2.28. The van der Waals surface area contributed by atoms with E-state index >= 15 is 0 Å². The molecule has 0 spiro atoms. The number of hydrogen-bond donors (Lipinski definition) is 1. The molecule has 0 aromatic heterocycles. The highest BCUT2D eigenvalue weighted by molar-refractivity contribution is 9.10. The maximum atomic E-state index is 12.7. The van der Waals surface area contributed by atoms with Crippen LogP contribution in [0.5, 0.6) is 11.5 Å². The van der Waals surface area contributed by atoms with Crippen LogP contribution in [-0.2, 0) is 17.8 Å². The van der Waals surface area contributed by atoms with Gasteiger partial charge in [-0.25, -0.2) is 0 Å². The van der Waals surface area contributed by atoms with Crippen LogP contribution in [0.15, 0.2) is 70.7 Å². The van der Waals surface area contributed by atoms with Crippen molar-refractivity contribution in [3.8, 4) is 17.6 Å². The van der Waals surface area contributed by atoms with Crippen LogP contribution in [0.1, 0.15) is 23.6 Å². The molecule has 1 N–H and O–H groups in total. The topological polar surface area (TPSA) is 71.4 Å². The largest absolute Gasteiger partial charge is 0.493 e. The van der Waals surface area contributed by atoms with Crippen LogP contribution in [0.2, 0.25) is 5.02 Å². The summed E-state index contributed by atoms with van der Waals surface area (Å²) in [4.78, 5) is 12.7. The molecule has 0 bridgehead atoms. The molecule has 0 fully saturated rings. The van der Waals surface area contributed by atoms with Crippen LogP contribution in [-0.4, -0.2) is 13.0 Å². The lowest BCUT2D eigenvalue weighted by molar-refractivity contribution is -0.112. The van der Waals surface area contributed by atoms with E-state index in [0.717, 1.165) is 17.5 Å². The second-order valence-electron chi connectivity index (χ2n) is 7.08. The number of nitriles is 1. The number of halogens is 2. The van der Waals surface area contributed by atoms with Gasteiger partial charge in [-0.1, -0.05) is 48.9 Å². The van der Waals surface area contributed by atoms with Crippen LogP contribution >= 0.6 is 27.5 Å². The summed E-state index contributed by atoms with van der Waals surface area (Å²) >= 11 is 9.44. The van der Waals surface area contributed by atoms with Gasteiger partial charge >= 0.3 is 0 Å². The van der Waals surface area contributed by atoms with Crippen LogP contribution in [0.4, 0.5) is 5.69 Å². The van der Waals surface area contributed by atoms with E-state index in [2.05, 4.69) is 21.2 Å². The second kappa shape index (κ2) is 11.6. The summed E-state index contributed by atoms with van der Waals surface area (Å²) in [6, 6.07) is 20.3. The number of aryl methyl sites for hydroxylation is 1. The minimum atomic E-state index is -0.475. The normalized spacial score (nSPS) is 10.9. The minimum Gasteiger partial charge on any atom is -0.493 e. The molecule has 3 rings (SSSR count). The number of amides is 1. The number of hydrogen-bond acceptors (Lipinski definition) is 4. The van der Waals surface area contributed by atoms with Crippen molar-refractivity contribution in [1.82, 2.24) is 0 Å². The molecule has 0 unspecified atom stereocenters. The van der Waals surface area contributed by atoms with Gasteiger partial charge < -0.3 is 14.8 Å². The summed E-state index contributed by atoms with van der Waals surface area (Å²) < 4.78 is 12.1. The first-order valence-corrected chi connectivity index (χ1v) is 11.4. The zero-order chi connectivity index (χ0) is 23.8. The van der Waals surface area contributed by atoms with Gasteiger partial charge in [0.05, 0.1) is 11.6 Å². The minimum absolute atomic E-state index is 0.0234. The summed E-state index contributed by atoms with van der Waals surface area (Å²) in [5.74, 6) is 0.514. The number of carbonyl (C=O) groups is 1. The third-order valence-corrected chi connectivity index (χ3v) is 5.71. The van der Waals surface area contributed by atoms with Crippen molar-refractivity contribution < 1.29 is 14.3 Å². The van der Waals surface area contributed by atoms with Crippen molar-refractivity contribution in [2.24, 2.45) is 0 Å². The average Bonchev–Trinajstić information content (AvgIpc) is 2.82. The number of nitrogens with zero attached hydrogens (tertiary/aromatic N) is 1. The molecule has 0 saturated heterocycles. The number of benzene rings is 3. The number of rotatable bonds is 8. The van der Waals surface area contributed by atoms with Gasteiger partial charge in [0.1, 0.15) is 18.2 Å². The van der Waals surface area contributed by atoms with Gasteiger partial charge in [-0.05, 0) is 75.4 Å². The summed E-state index contributed by atoms with van der Waals surface area (Å²) in [6.45, 7) is 2.33. The number of para-hydroxylation sites is 1. The molecule has 0 atom stereocenters. The third kappa shape index (κ3) is 6.38. The molecule has 168 valence electrons. The zero-order valence-electron chi connectivity index (χ0n) is 18.2. The van der Waals surface area contributed by atoms with Gasteiger partial charge in [0.25, 0.3) is 5.91 Å². The Morgan fingerprint density at radius 3 is 2.58 bits per heavy atom. The van der Waals surface area contributed by atoms with Crippen molar-refractivity contribution in [2.45, 2.75) is 20.0 Å². The lowest BCUT2D eigenvalue weighted by Crippen LogP contribution is -2.14. The van der Waals surface area contributed by atoms with Crippen molar-refractivity contribution in [3.63, 3.8) is 0 Å². The highest BCUT2D eigenvalue weighted by Crippen LogP contribution is 2.38. The number of nitrogens with one attached hydrogen (secondary N) is 1. The highest BCUT2D eigenvalue weighted by Gasteiger charge is 2.15. The summed E-state index contributed by atoms with van der Waals surface area (Å²) in [7, 11) is 1.53. The second-order valence-corrected chi connectivity index (χ2v) is 8.37. The van der Waals surface area contributed by atoms with Gasteiger partial charge in [-0.15, -0.1) is 0 Å². The van der Waals surface area contributed by atoms with E-state index in [1.807, 2.05) is 49.4 Å². The van der Waals surface area contributed by atoms with Crippen molar-refractivity contribution in [1.29, 1.82) is 5.26 Å². The van der Waals surface area contributed by atoms with Crippen LogP contribution in [0, 0.1) is 11.3 Å². The van der Waals surface area contributed by atoms with Crippen LogP contribution in [0.3, 0.4) is 0 Å². The smallest absolute Gasteiger partial charge is 0.266 e. The molecule has 0 aliphatic carbocycles. The molecule has 5 nitrogen and oxygen atoms in total. The monoisotopic (exact) mass is 524 g/mol. The molecule has 0 radical (unpaired) electrons. The van der Waals surface area contributed by atoms with E-state index in [1.54, 1.807) is 24.3 Å². The molecule has 0 aliphatic heterocycles. The quantitative estimate of drug-likeness (QED) is 0.259. The Balaban J connectivity index is 1.82. The van der Waals surface area contributed by atoms with Crippen LogP contribution in [0.25, 0.3) is 6.08 Å². The Morgan fingerprint density at radius 2 is 1.91 bits per heavy atom. The fourth-order valence-corrected chi connectivity index (χ4v) is 3.85. The molecule has 0 aliphatic rings. The first-order chi connectivity index (χ1) is 15.9. The highest BCUT2D eigenvalue weighted by atomic mass is 79.9. The Morgan fingerprint density at radius 1 is 1.18 bits per heavy atom. The van der Waals surface area contributed by atoms with Gasteiger partial charge in [-0.2, -0.15) is 5.26 Å². The predicted octanol–water partition coefficient (Wildman–Crippen LogP) is 6.80. The maximum Gasteiger partial charge on any atom is 0.266 e. The average molecular weight is 526 g/mol. The van der Waals surface area contributed by atoms with E-state index in [9.17, 15) is 10.1 Å².